The van der Waals surface area contributed by atoms with Crippen molar-refractivity contribution in [1.29, 1.82) is 0 Å². The summed E-state index contributed by atoms with van der Waals surface area (Å²) < 4.78 is 5.67. The third kappa shape index (κ3) is 3.06. The Morgan fingerprint density at radius 1 is 1.15 bits per heavy atom. The lowest BCUT2D eigenvalue weighted by Gasteiger charge is -2.22. The van der Waals surface area contributed by atoms with Crippen LogP contribution in [0.1, 0.15) is 19.4 Å². The standard InChI is InChI=1S/C20H21N5O/c1-3-26-18-11-7-5-9-16(18)22-19-13-21-24-20(23-19)25-14(2)12-15-8-4-6-10-17(15)25/h4-11,13-14H,3,12H2,1-2H3,(H,22,23,24). The average Bonchev–Trinajstić information content (AvgIpc) is 2.99. The second-order valence-electron chi connectivity index (χ2n) is 6.25. The van der Waals surface area contributed by atoms with Gasteiger partial charge >= 0.3 is 0 Å². The summed E-state index contributed by atoms with van der Waals surface area (Å²) in [6.07, 6.45) is 2.60. The number of hydrogen-bond acceptors (Lipinski definition) is 6. The first-order chi connectivity index (χ1) is 12.8. The van der Waals surface area contributed by atoms with Crippen molar-refractivity contribution in [2.75, 3.05) is 16.8 Å². The van der Waals surface area contributed by atoms with E-state index in [1.54, 1.807) is 6.20 Å². The minimum absolute atomic E-state index is 0.292. The summed E-state index contributed by atoms with van der Waals surface area (Å²) in [5, 5.41) is 11.7. The number of fused-ring (bicyclic) bond motifs is 1. The normalized spacial score (nSPS) is 15.6. The Labute approximate surface area is 152 Å². The Morgan fingerprint density at radius 2 is 1.96 bits per heavy atom. The van der Waals surface area contributed by atoms with Gasteiger partial charge in [-0.25, -0.2) is 0 Å². The molecule has 6 heteroatoms. The van der Waals surface area contributed by atoms with Gasteiger partial charge in [0.2, 0.25) is 0 Å². The molecule has 4 rings (SSSR count). The van der Waals surface area contributed by atoms with Crippen molar-refractivity contribution in [2.45, 2.75) is 26.3 Å². The van der Waals surface area contributed by atoms with E-state index in [0.29, 0.717) is 24.4 Å². The molecule has 6 nitrogen and oxygen atoms in total. The molecule has 26 heavy (non-hydrogen) atoms. The highest BCUT2D eigenvalue weighted by Crippen LogP contribution is 2.36. The molecule has 1 aliphatic rings. The SMILES string of the molecule is CCOc1ccccc1Nc1cnnc(N2c3ccccc3CC2C)n1. The first kappa shape index (κ1) is 16.3. The van der Waals surface area contributed by atoms with Crippen molar-refractivity contribution in [3.63, 3.8) is 0 Å². The molecule has 1 aromatic heterocycles. The zero-order chi connectivity index (χ0) is 17.9. The van der Waals surface area contributed by atoms with Crippen molar-refractivity contribution in [3.8, 4) is 5.75 Å². The molecule has 2 aromatic carbocycles. The number of benzene rings is 2. The van der Waals surface area contributed by atoms with E-state index >= 15 is 0 Å². The second-order valence-corrected chi connectivity index (χ2v) is 6.25. The first-order valence-corrected chi connectivity index (χ1v) is 8.82. The summed E-state index contributed by atoms with van der Waals surface area (Å²) in [7, 11) is 0. The van der Waals surface area contributed by atoms with Gasteiger partial charge in [-0.2, -0.15) is 10.1 Å². The number of para-hydroxylation sites is 3. The van der Waals surface area contributed by atoms with Crippen LogP contribution in [-0.2, 0) is 6.42 Å². The van der Waals surface area contributed by atoms with E-state index in [2.05, 4.69) is 50.5 Å². The second kappa shape index (κ2) is 7.00. The van der Waals surface area contributed by atoms with Gasteiger partial charge in [0.1, 0.15) is 5.75 Å². The van der Waals surface area contributed by atoms with E-state index < -0.39 is 0 Å². The number of nitrogens with zero attached hydrogens (tertiary/aromatic N) is 4. The summed E-state index contributed by atoms with van der Waals surface area (Å²) in [4.78, 5) is 6.83. The van der Waals surface area contributed by atoms with Crippen LogP contribution < -0.4 is 15.0 Å². The molecule has 0 radical (unpaired) electrons. The van der Waals surface area contributed by atoms with Crippen molar-refractivity contribution in [2.24, 2.45) is 0 Å². The third-order valence-electron chi connectivity index (χ3n) is 4.42. The van der Waals surface area contributed by atoms with Crippen LogP contribution in [0.2, 0.25) is 0 Å². The lowest BCUT2D eigenvalue weighted by molar-refractivity contribution is 0.342. The van der Waals surface area contributed by atoms with Crippen LogP contribution in [0.4, 0.5) is 23.1 Å². The van der Waals surface area contributed by atoms with Gasteiger partial charge in [-0.3, -0.25) is 0 Å². The molecular weight excluding hydrogens is 326 g/mol. The maximum atomic E-state index is 5.67. The van der Waals surface area contributed by atoms with E-state index in [0.717, 1.165) is 23.5 Å². The Morgan fingerprint density at radius 3 is 2.85 bits per heavy atom. The van der Waals surface area contributed by atoms with Crippen molar-refractivity contribution in [1.82, 2.24) is 15.2 Å². The Balaban J connectivity index is 1.64. The van der Waals surface area contributed by atoms with E-state index in [1.165, 1.54) is 5.56 Å². The van der Waals surface area contributed by atoms with Crippen molar-refractivity contribution >= 4 is 23.1 Å². The lowest BCUT2D eigenvalue weighted by Crippen LogP contribution is -2.26. The van der Waals surface area contributed by atoms with Gasteiger partial charge < -0.3 is 15.0 Å². The molecule has 2 heterocycles. The quantitative estimate of drug-likeness (QED) is 0.750. The van der Waals surface area contributed by atoms with Gasteiger partial charge in [-0.15, -0.1) is 5.10 Å². The van der Waals surface area contributed by atoms with Crippen LogP contribution in [0.25, 0.3) is 0 Å². The molecule has 3 aromatic rings. The largest absolute Gasteiger partial charge is 0.492 e. The molecule has 0 saturated carbocycles. The fourth-order valence-electron chi connectivity index (χ4n) is 3.32. The zero-order valence-corrected chi connectivity index (χ0v) is 14.9. The highest BCUT2D eigenvalue weighted by Gasteiger charge is 2.29. The monoisotopic (exact) mass is 347 g/mol. The van der Waals surface area contributed by atoms with Crippen LogP contribution >= 0.6 is 0 Å². The Kier molecular flexibility index (Phi) is 4.39. The van der Waals surface area contributed by atoms with E-state index in [1.807, 2.05) is 37.3 Å². The smallest absolute Gasteiger partial charge is 0.252 e. The van der Waals surface area contributed by atoms with Crippen LogP contribution in [0, 0.1) is 0 Å². The van der Waals surface area contributed by atoms with Gasteiger partial charge in [-0.05, 0) is 44.0 Å². The van der Waals surface area contributed by atoms with Gasteiger partial charge in [0.05, 0.1) is 18.5 Å². The number of ether oxygens (including phenoxy) is 1. The molecule has 1 unspecified atom stereocenters. The molecule has 1 atom stereocenters. The maximum Gasteiger partial charge on any atom is 0.252 e. The highest BCUT2D eigenvalue weighted by molar-refractivity contribution is 5.68. The van der Waals surface area contributed by atoms with Crippen molar-refractivity contribution < 1.29 is 4.74 Å². The maximum absolute atomic E-state index is 5.67. The van der Waals surface area contributed by atoms with Crippen LogP contribution in [0.5, 0.6) is 5.75 Å². The van der Waals surface area contributed by atoms with Gasteiger partial charge in [0.15, 0.2) is 5.82 Å². The Hall–Kier alpha value is -3.15. The molecule has 0 aliphatic carbocycles. The molecule has 1 aliphatic heterocycles. The topological polar surface area (TPSA) is 63.2 Å². The van der Waals surface area contributed by atoms with E-state index in [4.69, 9.17) is 4.74 Å². The van der Waals surface area contributed by atoms with Crippen LogP contribution in [0.3, 0.4) is 0 Å². The summed E-state index contributed by atoms with van der Waals surface area (Å²) in [6, 6.07) is 16.4. The lowest BCUT2D eigenvalue weighted by atomic mass is 10.1. The minimum Gasteiger partial charge on any atom is -0.492 e. The Bertz CT molecular complexity index is 914. The highest BCUT2D eigenvalue weighted by atomic mass is 16.5. The third-order valence-corrected chi connectivity index (χ3v) is 4.42. The van der Waals surface area contributed by atoms with Gasteiger partial charge in [0, 0.05) is 11.7 Å². The number of nitrogens with one attached hydrogen (secondary N) is 1. The average molecular weight is 347 g/mol. The summed E-state index contributed by atoms with van der Waals surface area (Å²) in [5.74, 6) is 2.02. The molecule has 0 bridgehead atoms. The van der Waals surface area contributed by atoms with Crippen molar-refractivity contribution in [3.05, 3.63) is 60.3 Å². The molecular formula is C20H21N5O. The van der Waals surface area contributed by atoms with Gasteiger partial charge in [0.25, 0.3) is 5.95 Å². The fourth-order valence-corrected chi connectivity index (χ4v) is 3.32. The summed E-state index contributed by atoms with van der Waals surface area (Å²) >= 11 is 0. The van der Waals surface area contributed by atoms with Crippen LogP contribution in [0.15, 0.2) is 54.7 Å². The number of rotatable bonds is 5. The predicted octanol–water partition coefficient (Wildman–Crippen LogP) is 4.10. The molecule has 0 amide bonds. The molecule has 132 valence electrons. The number of aromatic nitrogens is 3. The first-order valence-electron chi connectivity index (χ1n) is 8.82. The molecule has 1 N–H and O–H groups in total. The fraction of sp³-hybridized carbons (Fsp3) is 0.250. The minimum atomic E-state index is 0.292. The zero-order valence-electron chi connectivity index (χ0n) is 14.9. The predicted molar refractivity (Wildman–Crippen MR) is 102 cm³/mol. The molecule has 0 fully saturated rings. The van der Waals surface area contributed by atoms with E-state index in [-0.39, 0.29) is 0 Å². The number of anilines is 4. The molecule has 0 saturated heterocycles. The summed E-state index contributed by atoms with van der Waals surface area (Å²) in [6.45, 7) is 4.75. The number of hydrogen-bond donors (Lipinski definition) is 1. The summed E-state index contributed by atoms with van der Waals surface area (Å²) in [5.41, 5.74) is 3.31. The molecule has 0 spiro atoms. The van der Waals surface area contributed by atoms with E-state index in [9.17, 15) is 0 Å². The van der Waals surface area contributed by atoms with Gasteiger partial charge in [-0.1, -0.05) is 30.3 Å². The van der Waals surface area contributed by atoms with Crippen LogP contribution in [-0.4, -0.2) is 27.8 Å².